The standard InChI is InChI=1S/C5H10N2O3/c6-4(9)2-1-3(8)5(7)10/h3,8H,1-2H2,(H2,6,9)(H2,7,10). The van der Waals surface area contributed by atoms with Crippen molar-refractivity contribution >= 4 is 11.8 Å². The molecule has 58 valence electrons. The highest BCUT2D eigenvalue weighted by Gasteiger charge is 2.10. The van der Waals surface area contributed by atoms with Crippen LogP contribution in [0.4, 0.5) is 0 Å². The molecule has 1 atom stereocenters. The second-order valence-electron chi connectivity index (χ2n) is 1.92. The average Bonchev–Trinajstić information content (AvgIpc) is 1.82. The highest BCUT2D eigenvalue weighted by atomic mass is 16.3. The number of rotatable bonds is 4. The largest absolute Gasteiger partial charge is 0.383 e. The van der Waals surface area contributed by atoms with Crippen molar-refractivity contribution in [3.05, 3.63) is 0 Å². The summed E-state index contributed by atoms with van der Waals surface area (Å²) in [6, 6.07) is 0. The quantitative estimate of drug-likeness (QED) is 0.431. The Morgan fingerprint density at radius 1 is 1.40 bits per heavy atom. The molecule has 10 heavy (non-hydrogen) atoms. The Labute approximate surface area is 58.0 Å². The van der Waals surface area contributed by atoms with Gasteiger partial charge in [-0.05, 0) is 6.42 Å². The summed E-state index contributed by atoms with van der Waals surface area (Å²) in [6.07, 6.45) is -1.28. The molecule has 5 heteroatoms. The molecule has 1 unspecified atom stereocenters. The van der Waals surface area contributed by atoms with Crippen LogP contribution >= 0.6 is 0 Å². The highest BCUT2D eigenvalue weighted by molar-refractivity contribution is 5.80. The highest BCUT2D eigenvalue weighted by Crippen LogP contribution is 1.93. The monoisotopic (exact) mass is 146 g/mol. The van der Waals surface area contributed by atoms with Gasteiger partial charge in [-0.2, -0.15) is 0 Å². The number of aliphatic hydroxyl groups is 1. The summed E-state index contributed by atoms with van der Waals surface area (Å²) in [6.45, 7) is 0. The summed E-state index contributed by atoms with van der Waals surface area (Å²) in [5, 5.41) is 8.69. The number of carbonyl (C=O) groups is 2. The van der Waals surface area contributed by atoms with Crippen LogP contribution in [0.15, 0.2) is 0 Å². The van der Waals surface area contributed by atoms with E-state index >= 15 is 0 Å². The molecule has 5 N–H and O–H groups in total. The van der Waals surface area contributed by atoms with Crippen LogP contribution < -0.4 is 11.5 Å². The van der Waals surface area contributed by atoms with Crippen LogP contribution in [0.1, 0.15) is 12.8 Å². The fourth-order valence-electron chi connectivity index (χ4n) is 0.421. The van der Waals surface area contributed by atoms with E-state index in [0.717, 1.165) is 0 Å². The number of aliphatic hydroxyl groups excluding tert-OH is 1. The van der Waals surface area contributed by atoms with Crippen LogP contribution in [-0.4, -0.2) is 23.0 Å². The van der Waals surface area contributed by atoms with Gasteiger partial charge in [-0.3, -0.25) is 9.59 Å². The van der Waals surface area contributed by atoms with Crippen molar-refractivity contribution in [3.63, 3.8) is 0 Å². The van der Waals surface area contributed by atoms with Crippen molar-refractivity contribution in [1.29, 1.82) is 0 Å². The zero-order valence-electron chi connectivity index (χ0n) is 5.41. The molecule has 0 aliphatic heterocycles. The van der Waals surface area contributed by atoms with Crippen molar-refractivity contribution in [2.45, 2.75) is 18.9 Å². The molecule has 0 aromatic rings. The van der Waals surface area contributed by atoms with Crippen LogP contribution in [0.3, 0.4) is 0 Å². The molecule has 0 fully saturated rings. The number of amides is 2. The lowest BCUT2D eigenvalue weighted by molar-refractivity contribution is -0.127. The topological polar surface area (TPSA) is 106 Å². The average molecular weight is 146 g/mol. The van der Waals surface area contributed by atoms with Gasteiger partial charge >= 0.3 is 0 Å². The van der Waals surface area contributed by atoms with Crippen LogP contribution in [0.2, 0.25) is 0 Å². The van der Waals surface area contributed by atoms with Crippen LogP contribution in [0, 0.1) is 0 Å². The molecule has 0 spiro atoms. The van der Waals surface area contributed by atoms with E-state index in [2.05, 4.69) is 5.73 Å². The van der Waals surface area contributed by atoms with E-state index in [-0.39, 0.29) is 12.8 Å². The van der Waals surface area contributed by atoms with Crippen LogP contribution in [0.25, 0.3) is 0 Å². The summed E-state index contributed by atoms with van der Waals surface area (Å²) in [5.74, 6) is -1.39. The molecular formula is C5H10N2O3. The Balaban J connectivity index is 3.49. The predicted octanol–water partition coefficient (Wildman–Crippen LogP) is -1.90. The lowest BCUT2D eigenvalue weighted by Gasteiger charge is -2.02. The molecule has 5 nitrogen and oxygen atoms in total. The molecule has 0 bridgehead atoms. The third-order valence-electron chi connectivity index (χ3n) is 0.993. The number of nitrogens with two attached hydrogens (primary N) is 2. The third-order valence-corrected chi connectivity index (χ3v) is 0.993. The van der Waals surface area contributed by atoms with Crippen molar-refractivity contribution in [2.75, 3.05) is 0 Å². The Kier molecular flexibility index (Phi) is 3.42. The maximum atomic E-state index is 10.1. The number of primary amides is 2. The van der Waals surface area contributed by atoms with Crippen molar-refractivity contribution in [2.24, 2.45) is 11.5 Å². The van der Waals surface area contributed by atoms with Crippen LogP contribution in [0.5, 0.6) is 0 Å². The molecule has 0 rings (SSSR count). The van der Waals surface area contributed by atoms with Gasteiger partial charge in [0.1, 0.15) is 6.10 Å². The zero-order valence-corrected chi connectivity index (χ0v) is 5.41. The van der Waals surface area contributed by atoms with Gasteiger partial charge in [0, 0.05) is 6.42 Å². The molecule has 0 aromatic carbocycles. The van der Waals surface area contributed by atoms with Crippen molar-refractivity contribution in [1.82, 2.24) is 0 Å². The predicted molar refractivity (Wildman–Crippen MR) is 33.6 cm³/mol. The summed E-state index contributed by atoms with van der Waals surface area (Å²) in [4.78, 5) is 20.2. The van der Waals surface area contributed by atoms with Crippen molar-refractivity contribution in [3.8, 4) is 0 Å². The normalized spacial score (nSPS) is 12.5. The maximum Gasteiger partial charge on any atom is 0.246 e. The van der Waals surface area contributed by atoms with Gasteiger partial charge in [0.15, 0.2) is 0 Å². The maximum absolute atomic E-state index is 10.1. The summed E-state index contributed by atoms with van der Waals surface area (Å²) in [5.41, 5.74) is 9.42. The smallest absolute Gasteiger partial charge is 0.246 e. The number of hydrogen-bond acceptors (Lipinski definition) is 3. The Hall–Kier alpha value is -1.10. The van der Waals surface area contributed by atoms with E-state index in [4.69, 9.17) is 10.8 Å². The van der Waals surface area contributed by atoms with E-state index in [1.54, 1.807) is 0 Å². The molecular weight excluding hydrogens is 136 g/mol. The van der Waals surface area contributed by atoms with E-state index < -0.39 is 17.9 Å². The molecule has 2 amide bonds. The Bertz CT molecular complexity index is 146. The summed E-state index contributed by atoms with van der Waals surface area (Å²) >= 11 is 0. The minimum Gasteiger partial charge on any atom is -0.383 e. The number of carbonyl (C=O) groups excluding carboxylic acids is 2. The van der Waals surface area contributed by atoms with Gasteiger partial charge in [0.2, 0.25) is 11.8 Å². The van der Waals surface area contributed by atoms with Crippen LogP contribution in [-0.2, 0) is 9.59 Å². The van der Waals surface area contributed by atoms with Crippen molar-refractivity contribution < 1.29 is 14.7 Å². The lowest BCUT2D eigenvalue weighted by Crippen LogP contribution is -2.29. The van der Waals surface area contributed by atoms with Gasteiger partial charge in [0.05, 0.1) is 0 Å². The second-order valence-corrected chi connectivity index (χ2v) is 1.92. The van der Waals surface area contributed by atoms with E-state index in [1.807, 2.05) is 0 Å². The molecule has 0 heterocycles. The number of hydrogen-bond donors (Lipinski definition) is 3. The summed E-state index contributed by atoms with van der Waals surface area (Å²) in [7, 11) is 0. The van der Waals surface area contributed by atoms with Gasteiger partial charge < -0.3 is 16.6 Å². The van der Waals surface area contributed by atoms with Gasteiger partial charge in [-0.15, -0.1) is 0 Å². The molecule has 0 saturated carbocycles. The molecule has 0 radical (unpaired) electrons. The van der Waals surface area contributed by atoms with E-state index in [9.17, 15) is 9.59 Å². The first-order valence-corrected chi connectivity index (χ1v) is 2.79. The minimum absolute atomic E-state index is 0.00463. The lowest BCUT2D eigenvalue weighted by atomic mass is 10.2. The summed E-state index contributed by atoms with van der Waals surface area (Å²) < 4.78 is 0. The SMILES string of the molecule is NC(=O)CCC(O)C(N)=O. The van der Waals surface area contributed by atoms with Gasteiger partial charge in [-0.1, -0.05) is 0 Å². The first kappa shape index (κ1) is 8.90. The fourth-order valence-corrected chi connectivity index (χ4v) is 0.421. The zero-order chi connectivity index (χ0) is 8.15. The first-order chi connectivity index (χ1) is 4.54. The molecule has 0 aromatic heterocycles. The van der Waals surface area contributed by atoms with Gasteiger partial charge in [0.25, 0.3) is 0 Å². The first-order valence-electron chi connectivity index (χ1n) is 2.79. The second kappa shape index (κ2) is 3.84. The minimum atomic E-state index is -1.26. The Morgan fingerprint density at radius 2 is 1.90 bits per heavy atom. The molecule has 0 saturated heterocycles. The molecule has 0 aliphatic rings. The molecule has 0 aliphatic carbocycles. The Morgan fingerprint density at radius 3 is 2.20 bits per heavy atom. The van der Waals surface area contributed by atoms with E-state index in [0.29, 0.717) is 0 Å². The fraction of sp³-hybridized carbons (Fsp3) is 0.600. The third kappa shape index (κ3) is 3.85. The van der Waals surface area contributed by atoms with E-state index in [1.165, 1.54) is 0 Å². The van der Waals surface area contributed by atoms with Gasteiger partial charge in [-0.25, -0.2) is 0 Å².